The molecule has 0 spiro atoms. The van der Waals surface area contributed by atoms with E-state index in [0.29, 0.717) is 17.4 Å². The minimum Gasteiger partial charge on any atom is -0.326 e. The van der Waals surface area contributed by atoms with Gasteiger partial charge in [-0.2, -0.15) is 0 Å². The van der Waals surface area contributed by atoms with Crippen LogP contribution in [0, 0.1) is 5.82 Å². The third-order valence-electron chi connectivity index (χ3n) is 4.55. The first-order chi connectivity index (χ1) is 10.2. The number of rotatable bonds is 5. The number of halogens is 2. The molecular weight excluding hydrogens is 289 g/mol. The van der Waals surface area contributed by atoms with Crippen molar-refractivity contribution in [3.63, 3.8) is 0 Å². The Bertz CT molecular complexity index is 619. The summed E-state index contributed by atoms with van der Waals surface area (Å²) in [5.41, 5.74) is 1.27. The molecule has 1 aromatic carbocycles. The highest BCUT2D eigenvalue weighted by Crippen LogP contribution is 2.23. The average molecular weight is 310 g/mol. The van der Waals surface area contributed by atoms with Gasteiger partial charge in [0.25, 0.3) is 0 Å². The molecule has 5 heteroatoms. The molecule has 1 aliphatic rings. The number of hydrogen-bond acceptors (Lipinski definition) is 2. The van der Waals surface area contributed by atoms with E-state index in [0.717, 1.165) is 24.4 Å². The van der Waals surface area contributed by atoms with E-state index in [2.05, 4.69) is 21.5 Å². The molecule has 1 saturated carbocycles. The summed E-state index contributed by atoms with van der Waals surface area (Å²) in [4.78, 5) is 6.76. The van der Waals surface area contributed by atoms with Gasteiger partial charge in [0.05, 0.1) is 11.4 Å². The van der Waals surface area contributed by atoms with E-state index in [1.807, 2.05) is 6.07 Å². The van der Waals surface area contributed by atoms with Gasteiger partial charge in [0, 0.05) is 19.1 Å². The lowest BCUT2D eigenvalue weighted by Crippen LogP contribution is -2.32. The van der Waals surface area contributed by atoms with E-state index in [1.54, 1.807) is 6.07 Å². The summed E-state index contributed by atoms with van der Waals surface area (Å²) in [6, 6.07) is 5.78. The topological polar surface area (TPSA) is 21.1 Å². The van der Waals surface area contributed by atoms with Gasteiger partial charge >= 0.3 is 0 Å². The zero-order valence-corrected chi connectivity index (χ0v) is 13.1. The van der Waals surface area contributed by atoms with Crippen LogP contribution >= 0.6 is 11.6 Å². The summed E-state index contributed by atoms with van der Waals surface area (Å²) >= 11 is 5.98. The third kappa shape index (κ3) is 2.92. The van der Waals surface area contributed by atoms with Gasteiger partial charge in [-0.3, -0.25) is 0 Å². The molecule has 0 radical (unpaired) electrons. The van der Waals surface area contributed by atoms with Crippen LogP contribution in [0.1, 0.15) is 31.5 Å². The van der Waals surface area contributed by atoms with Crippen molar-refractivity contribution < 1.29 is 4.39 Å². The van der Waals surface area contributed by atoms with Gasteiger partial charge in [0.2, 0.25) is 0 Å². The first kappa shape index (κ1) is 14.8. The normalized spacial score (nSPS) is 16.4. The Morgan fingerprint density at radius 1 is 1.38 bits per heavy atom. The van der Waals surface area contributed by atoms with E-state index in [9.17, 15) is 4.39 Å². The number of benzene rings is 1. The molecule has 21 heavy (non-hydrogen) atoms. The summed E-state index contributed by atoms with van der Waals surface area (Å²) in [6.07, 6.45) is 5.25. The van der Waals surface area contributed by atoms with Crippen LogP contribution in [-0.2, 0) is 12.4 Å². The highest BCUT2D eigenvalue weighted by molar-refractivity contribution is 6.16. The van der Waals surface area contributed by atoms with Crippen molar-refractivity contribution in [3.8, 4) is 0 Å². The lowest BCUT2D eigenvalue weighted by Gasteiger charge is -2.24. The monoisotopic (exact) mass is 309 g/mol. The lowest BCUT2D eigenvalue weighted by molar-refractivity contribution is 0.236. The summed E-state index contributed by atoms with van der Waals surface area (Å²) in [5, 5.41) is 0. The van der Waals surface area contributed by atoms with Crippen molar-refractivity contribution >= 4 is 22.6 Å². The maximum absolute atomic E-state index is 13.8. The smallest absolute Gasteiger partial charge is 0.151 e. The molecule has 1 heterocycles. The molecule has 1 aromatic heterocycles. The molecule has 0 atom stereocenters. The molecule has 1 aliphatic carbocycles. The fourth-order valence-electron chi connectivity index (χ4n) is 3.30. The molecule has 0 aliphatic heterocycles. The van der Waals surface area contributed by atoms with Crippen LogP contribution in [0.4, 0.5) is 4.39 Å². The van der Waals surface area contributed by atoms with Crippen molar-refractivity contribution in [2.75, 3.05) is 13.6 Å². The van der Waals surface area contributed by atoms with E-state index in [-0.39, 0.29) is 5.82 Å². The predicted octanol–water partition coefficient (Wildman–Crippen LogP) is 3.79. The number of hydrogen-bond donors (Lipinski definition) is 0. The summed E-state index contributed by atoms with van der Waals surface area (Å²) in [6.45, 7) is 1.74. The second kappa shape index (κ2) is 6.32. The lowest BCUT2D eigenvalue weighted by atomic mass is 10.2. The highest BCUT2D eigenvalue weighted by atomic mass is 35.5. The Labute approximate surface area is 129 Å². The Balaban J connectivity index is 1.80. The number of fused-ring (bicyclic) bond motifs is 1. The van der Waals surface area contributed by atoms with Crippen molar-refractivity contribution in [2.45, 2.75) is 44.1 Å². The van der Waals surface area contributed by atoms with Crippen LogP contribution in [-0.4, -0.2) is 34.1 Å². The molecule has 1 fully saturated rings. The van der Waals surface area contributed by atoms with E-state index in [4.69, 9.17) is 11.6 Å². The minimum atomic E-state index is -0.276. The van der Waals surface area contributed by atoms with Crippen molar-refractivity contribution in [2.24, 2.45) is 0 Å². The van der Waals surface area contributed by atoms with Crippen molar-refractivity contribution in [3.05, 3.63) is 29.8 Å². The molecular formula is C16H21ClFN3. The second-order valence-electron chi connectivity index (χ2n) is 5.84. The first-order valence-electron chi connectivity index (χ1n) is 7.60. The number of nitrogens with zero attached hydrogens (tertiary/aromatic N) is 3. The Morgan fingerprint density at radius 3 is 2.86 bits per heavy atom. The zero-order valence-electron chi connectivity index (χ0n) is 12.4. The maximum atomic E-state index is 13.8. The molecule has 0 unspecified atom stereocenters. The highest BCUT2D eigenvalue weighted by Gasteiger charge is 2.20. The molecule has 0 bridgehead atoms. The van der Waals surface area contributed by atoms with E-state index < -0.39 is 0 Å². The molecule has 0 N–H and O–H groups in total. The van der Waals surface area contributed by atoms with Gasteiger partial charge in [-0.15, -0.1) is 11.6 Å². The molecule has 2 aromatic rings. The van der Waals surface area contributed by atoms with Crippen LogP contribution in [0.25, 0.3) is 11.0 Å². The number of likely N-dealkylation sites (N-methyl/N-ethyl adjacent to an activating group) is 1. The van der Waals surface area contributed by atoms with Crippen LogP contribution in [0.5, 0.6) is 0 Å². The van der Waals surface area contributed by atoms with Crippen LogP contribution < -0.4 is 0 Å². The maximum Gasteiger partial charge on any atom is 0.151 e. The molecule has 0 amide bonds. The zero-order chi connectivity index (χ0) is 14.8. The summed E-state index contributed by atoms with van der Waals surface area (Å²) in [7, 11) is 2.18. The fourth-order valence-corrected chi connectivity index (χ4v) is 3.50. The van der Waals surface area contributed by atoms with Crippen LogP contribution in [0.2, 0.25) is 0 Å². The standard InChI is InChI=1S/C16H21ClFN3/c1-20(12-5-2-3-6-12)9-10-21-14-8-4-7-13(18)16(14)19-15(21)11-17/h4,7-8,12H,2-3,5-6,9-11H2,1H3. The number of imidazole rings is 1. The van der Waals surface area contributed by atoms with Gasteiger partial charge < -0.3 is 9.47 Å². The van der Waals surface area contributed by atoms with Gasteiger partial charge in [-0.25, -0.2) is 9.37 Å². The van der Waals surface area contributed by atoms with Crippen molar-refractivity contribution in [1.29, 1.82) is 0 Å². The minimum absolute atomic E-state index is 0.276. The molecule has 3 nitrogen and oxygen atoms in total. The van der Waals surface area contributed by atoms with Crippen LogP contribution in [0.15, 0.2) is 18.2 Å². The SMILES string of the molecule is CN(CCn1c(CCl)nc2c(F)cccc21)C1CCCC1. The first-order valence-corrected chi connectivity index (χ1v) is 8.14. The van der Waals surface area contributed by atoms with Gasteiger partial charge in [-0.1, -0.05) is 18.9 Å². The Morgan fingerprint density at radius 2 is 2.14 bits per heavy atom. The fraction of sp³-hybridized carbons (Fsp3) is 0.562. The number of alkyl halides is 1. The largest absolute Gasteiger partial charge is 0.326 e. The number of aromatic nitrogens is 2. The van der Waals surface area contributed by atoms with Crippen molar-refractivity contribution in [1.82, 2.24) is 14.5 Å². The van der Waals surface area contributed by atoms with Crippen LogP contribution in [0.3, 0.4) is 0 Å². The number of para-hydroxylation sites is 1. The summed E-state index contributed by atoms with van der Waals surface area (Å²) in [5.74, 6) is 0.778. The van der Waals surface area contributed by atoms with E-state index >= 15 is 0 Å². The Kier molecular flexibility index (Phi) is 4.45. The van der Waals surface area contributed by atoms with E-state index in [1.165, 1.54) is 31.7 Å². The second-order valence-corrected chi connectivity index (χ2v) is 6.11. The third-order valence-corrected chi connectivity index (χ3v) is 4.79. The van der Waals surface area contributed by atoms with Gasteiger partial charge in [0.15, 0.2) is 5.82 Å². The molecule has 3 rings (SSSR count). The average Bonchev–Trinajstić information content (AvgIpc) is 3.13. The van der Waals surface area contributed by atoms with Gasteiger partial charge in [-0.05, 0) is 32.0 Å². The molecule has 0 saturated heterocycles. The van der Waals surface area contributed by atoms with Gasteiger partial charge in [0.1, 0.15) is 11.3 Å². The molecule has 114 valence electrons. The predicted molar refractivity (Wildman–Crippen MR) is 84.1 cm³/mol. The Hall–Kier alpha value is -1.13. The quantitative estimate of drug-likeness (QED) is 0.784. The summed E-state index contributed by atoms with van der Waals surface area (Å²) < 4.78 is 15.9.